The number of rotatable bonds is 8. The molecule has 0 N–H and O–H groups in total. The van der Waals surface area contributed by atoms with Crippen LogP contribution >= 0.6 is 11.6 Å². The van der Waals surface area contributed by atoms with E-state index in [1.807, 2.05) is 25.1 Å². The highest BCUT2D eigenvalue weighted by molar-refractivity contribution is 6.32. The minimum atomic E-state index is -0.503. The SMILES string of the molecule is CCOc1ccc(COc2ccc(OCCF)cc2)cc1Cl. The van der Waals surface area contributed by atoms with Gasteiger partial charge in [-0.15, -0.1) is 0 Å². The van der Waals surface area contributed by atoms with Crippen molar-refractivity contribution in [3.05, 3.63) is 53.1 Å². The third-order valence-electron chi connectivity index (χ3n) is 2.87. The standard InChI is InChI=1S/C17H18ClFO3/c1-2-20-17-8-3-13(11-16(17)18)12-22-15-6-4-14(5-7-15)21-10-9-19/h3-8,11H,2,9-10,12H2,1H3. The number of halogens is 2. The summed E-state index contributed by atoms with van der Waals surface area (Å²) in [5, 5.41) is 0.568. The van der Waals surface area contributed by atoms with E-state index in [2.05, 4.69) is 0 Å². The molecule has 5 heteroatoms. The average Bonchev–Trinajstić information content (AvgIpc) is 2.54. The maximum absolute atomic E-state index is 12.0. The Kier molecular flexibility index (Phi) is 6.34. The summed E-state index contributed by atoms with van der Waals surface area (Å²) in [4.78, 5) is 0. The molecule has 3 nitrogen and oxygen atoms in total. The van der Waals surface area contributed by atoms with E-state index in [4.69, 9.17) is 25.8 Å². The first-order valence-electron chi connectivity index (χ1n) is 7.05. The van der Waals surface area contributed by atoms with Crippen LogP contribution in [0.5, 0.6) is 17.2 Å². The molecule has 2 aromatic carbocycles. The summed E-state index contributed by atoms with van der Waals surface area (Å²) < 4.78 is 28.2. The van der Waals surface area contributed by atoms with Crippen molar-refractivity contribution in [2.24, 2.45) is 0 Å². The highest BCUT2D eigenvalue weighted by Gasteiger charge is 2.04. The molecule has 0 saturated heterocycles. The molecule has 0 amide bonds. The van der Waals surface area contributed by atoms with E-state index in [0.29, 0.717) is 35.5 Å². The van der Waals surface area contributed by atoms with Gasteiger partial charge >= 0.3 is 0 Å². The van der Waals surface area contributed by atoms with Crippen LogP contribution in [-0.4, -0.2) is 19.9 Å². The predicted octanol–water partition coefficient (Wildman–Crippen LogP) is 4.67. The summed E-state index contributed by atoms with van der Waals surface area (Å²) in [7, 11) is 0. The first-order chi connectivity index (χ1) is 10.7. The molecule has 22 heavy (non-hydrogen) atoms. The second kappa shape index (κ2) is 8.49. The second-order valence-electron chi connectivity index (χ2n) is 4.50. The summed E-state index contributed by atoms with van der Waals surface area (Å²) >= 11 is 6.13. The predicted molar refractivity (Wildman–Crippen MR) is 84.9 cm³/mol. The monoisotopic (exact) mass is 324 g/mol. The summed E-state index contributed by atoms with van der Waals surface area (Å²) in [6, 6.07) is 12.6. The molecule has 0 spiro atoms. The van der Waals surface area contributed by atoms with Crippen LogP contribution in [0.15, 0.2) is 42.5 Å². The van der Waals surface area contributed by atoms with Crippen molar-refractivity contribution in [1.82, 2.24) is 0 Å². The zero-order valence-electron chi connectivity index (χ0n) is 12.4. The van der Waals surface area contributed by atoms with Crippen molar-refractivity contribution >= 4 is 11.6 Å². The van der Waals surface area contributed by atoms with Crippen molar-refractivity contribution < 1.29 is 18.6 Å². The fraction of sp³-hybridized carbons (Fsp3) is 0.294. The lowest BCUT2D eigenvalue weighted by Crippen LogP contribution is -1.99. The first kappa shape index (κ1) is 16.4. The fourth-order valence-electron chi connectivity index (χ4n) is 1.86. The van der Waals surface area contributed by atoms with Crippen molar-refractivity contribution in [3.63, 3.8) is 0 Å². The van der Waals surface area contributed by atoms with Crippen molar-refractivity contribution in [2.45, 2.75) is 13.5 Å². The smallest absolute Gasteiger partial charge is 0.137 e. The van der Waals surface area contributed by atoms with Gasteiger partial charge in [-0.1, -0.05) is 17.7 Å². The van der Waals surface area contributed by atoms with Gasteiger partial charge in [-0.2, -0.15) is 0 Å². The van der Waals surface area contributed by atoms with Crippen LogP contribution in [-0.2, 0) is 6.61 Å². The van der Waals surface area contributed by atoms with Gasteiger partial charge in [0.25, 0.3) is 0 Å². The number of benzene rings is 2. The molecule has 0 aliphatic carbocycles. The normalized spacial score (nSPS) is 10.3. The quantitative estimate of drug-likeness (QED) is 0.706. The van der Waals surface area contributed by atoms with Gasteiger partial charge < -0.3 is 14.2 Å². The fourth-order valence-corrected chi connectivity index (χ4v) is 2.12. The van der Waals surface area contributed by atoms with Crippen LogP contribution in [0.2, 0.25) is 5.02 Å². The third-order valence-corrected chi connectivity index (χ3v) is 3.17. The Morgan fingerprint density at radius 3 is 2.23 bits per heavy atom. The van der Waals surface area contributed by atoms with Crippen LogP contribution in [0.1, 0.15) is 12.5 Å². The molecule has 118 valence electrons. The topological polar surface area (TPSA) is 27.7 Å². The molecule has 0 fully saturated rings. The lowest BCUT2D eigenvalue weighted by molar-refractivity contribution is 0.271. The average molecular weight is 325 g/mol. The Balaban J connectivity index is 1.91. The maximum Gasteiger partial charge on any atom is 0.137 e. The molecule has 0 unspecified atom stereocenters. The lowest BCUT2D eigenvalue weighted by atomic mass is 10.2. The Morgan fingerprint density at radius 2 is 1.64 bits per heavy atom. The summed E-state index contributed by atoms with van der Waals surface area (Å²) in [5.74, 6) is 1.99. The first-order valence-corrected chi connectivity index (χ1v) is 7.43. The van der Waals surface area contributed by atoms with Crippen molar-refractivity contribution in [3.8, 4) is 17.2 Å². The zero-order valence-corrected chi connectivity index (χ0v) is 13.1. The largest absolute Gasteiger partial charge is 0.492 e. The highest BCUT2D eigenvalue weighted by atomic mass is 35.5. The van der Waals surface area contributed by atoms with E-state index < -0.39 is 6.67 Å². The molecule has 0 aromatic heterocycles. The number of hydrogen-bond acceptors (Lipinski definition) is 3. The van der Waals surface area contributed by atoms with Crippen molar-refractivity contribution in [2.75, 3.05) is 19.9 Å². The van der Waals surface area contributed by atoms with Crippen LogP contribution in [0.3, 0.4) is 0 Å². The second-order valence-corrected chi connectivity index (χ2v) is 4.90. The van der Waals surface area contributed by atoms with E-state index in [-0.39, 0.29) is 6.61 Å². The van der Waals surface area contributed by atoms with Crippen molar-refractivity contribution in [1.29, 1.82) is 0 Å². The van der Waals surface area contributed by atoms with E-state index in [1.165, 1.54) is 0 Å². The molecule has 2 rings (SSSR count). The molecular formula is C17H18ClFO3. The Labute approximate surface area is 134 Å². The summed E-state index contributed by atoms with van der Waals surface area (Å²) in [5.41, 5.74) is 0.950. The van der Waals surface area contributed by atoms with Gasteiger partial charge in [-0.25, -0.2) is 4.39 Å². The molecule has 0 aliphatic heterocycles. The van der Waals surface area contributed by atoms with Crippen LogP contribution in [0, 0.1) is 0 Å². The van der Waals surface area contributed by atoms with Gasteiger partial charge in [0.2, 0.25) is 0 Å². The number of alkyl halides is 1. The van der Waals surface area contributed by atoms with Crippen LogP contribution < -0.4 is 14.2 Å². The molecular weight excluding hydrogens is 307 g/mol. The minimum Gasteiger partial charge on any atom is -0.492 e. The Bertz CT molecular complexity index is 587. The van der Waals surface area contributed by atoms with E-state index >= 15 is 0 Å². The summed E-state index contributed by atoms with van der Waals surface area (Å²) in [6.07, 6.45) is 0. The van der Waals surface area contributed by atoms with E-state index in [9.17, 15) is 4.39 Å². The molecule has 0 saturated carbocycles. The third kappa shape index (κ3) is 4.81. The van der Waals surface area contributed by atoms with Crippen LogP contribution in [0.25, 0.3) is 0 Å². The van der Waals surface area contributed by atoms with Gasteiger partial charge in [0.15, 0.2) is 0 Å². The van der Waals surface area contributed by atoms with Gasteiger partial charge in [-0.3, -0.25) is 0 Å². The Hall–Kier alpha value is -1.94. The molecule has 0 radical (unpaired) electrons. The van der Waals surface area contributed by atoms with Gasteiger partial charge in [0.1, 0.15) is 37.1 Å². The molecule has 0 atom stereocenters. The molecule has 0 aliphatic rings. The van der Waals surface area contributed by atoms with Gasteiger partial charge in [0.05, 0.1) is 11.6 Å². The lowest BCUT2D eigenvalue weighted by Gasteiger charge is -2.10. The van der Waals surface area contributed by atoms with Crippen LogP contribution in [0.4, 0.5) is 4.39 Å². The number of hydrogen-bond donors (Lipinski definition) is 0. The molecule has 2 aromatic rings. The van der Waals surface area contributed by atoms with E-state index in [1.54, 1.807) is 24.3 Å². The molecule has 0 bridgehead atoms. The minimum absolute atomic E-state index is 0.0604. The maximum atomic E-state index is 12.0. The molecule has 0 heterocycles. The summed E-state index contributed by atoms with van der Waals surface area (Å²) in [6.45, 7) is 2.44. The highest BCUT2D eigenvalue weighted by Crippen LogP contribution is 2.26. The Morgan fingerprint density at radius 1 is 0.955 bits per heavy atom. The van der Waals surface area contributed by atoms with Gasteiger partial charge in [0, 0.05) is 0 Å². The van der Waals surface area contributed by atoms with Gasteiger partial charge in [-0.05, 0) is 48.9 Å². The van der Waals surface area contributed by atoms with E-state index in [0.717, 1.165) is 5.56 Å². The zero-order chi connectivity index (χ0) is 15.8. The number of ether oxygens (including phenoxy) is 3.